The summed E-state index contributed by atoms with van der Waals surface area (Å²) in [6.07, 6.45) is 9.07. The van der Waals surface area contributed by atoms with Gasteiger partial charge in [-0.25, -0.2) is 4.98 Å². The molecule has 0 spiro atoms. The molecule has 3 unspecified atom stereocenters. The molecule has 116 valence electrons. The molecule has 2 aliphatic rings. The second-order valence-corrected chi connectivity index (χ2v) is 6.73. The van der Waals surface area contributed by atoms with Gasteiger partial charge < -0.3 is 10.2 Å². The van der Waals surface area contributed by atoms with E-state index in [1.807, 2.05) is 6.20 Å². The van der Waals surface area contributed by atoms with E-state index in [9.17, 15) is 0 Å². The van der Waals surface area contributed by atoms with Gasteiger partial charge in [-0.05, 0) is 44.2 Å². The summed E-state index contributed by atoms with van der Waals surface area (Å²) < 4.78 is 0. The Morgan fingerprint density at radius 2 is 2.10 bits per heavy atom. The summed E-state index contributed by atoms with van der Waals surface area (Å²) in [6, 6.07) is 4.69. The maximum absolute atomic E-state index is 4.73. The summed E-state index contributed by atoms with van der Waals surface area (Å²) >= 11 is 0. The number of anilines is 1. The summed E-state index contributed by atoms with van der Waals surface area (Å²) in [5, 5.41) is 3.53. The number of aromatic nitrogens is 1. The third-order valence-electron chi connectivity index (χ3n) is 5.38. The highest BCUT2D eigenvalue weighted by molar-refractivity contribution is 5.48. The average molecular weight is 287 g/mol. The van der Waals surface area contributed by atoms with Crippen LogP contribution in [0.5, 0.6) is 0 Å². The van der Waals surface area contributed by atoms with Gasteiger partial charge in [0.2, 0.25) is 0 Å². The SMILES string of the molecule is CCNC(C)c1cccnc1N1CCC2CCCCC2C1. The molecule has 0 bridgehead atoms. The Bertz CT molecular complexity index is 460. The molecule has 1 aliphatic heterocycles. The zero-order valence-electron chi connectivity index (χ0n) is 13.5. The number of fused-ring (bicyclic) bond motifs is 1. The van der Waals surface area contributed by atoms with Crippen molar-refractivity contribution in [2.75, 3.05) is 24.5 Å². The fourth-order valence-corrected chi connectivity index (χ4v) is 4.22. The number of hydrogen-bond acceptors (Lipinski definition) is 3. The zero-order valence-corrected chi connectivity index (χ0v) is 13.5. The Morgan fingerprint density at radius 1 is 1.29 bits per heavy atom. The first-order valence-electron chi connectivity index (χ1n) is 8.72. The van der Waals surface area contributed by atoms with Crippen molar-refractivity contribution in [3.63, 3.8) is 0 Å². The van der Waals surface area contributed by atoms with E-state index in [1.165, 1.54) is 56.6 Å². The molecule has 1 saturated carbocycles. The smallest absolute Gasteiger partial charge is 0.133 e. The molecule has 1 aliphatic carbocycles. The minimum Gasteiger partial charge on any atom is -0.356 e. The van der Waals surface area contributed by atoms with Crippen molar-refractivity contribution >= 4 is 5.82 Å². The lowest BCUT2D eigenvalue weighted by atomic mass is 9.75. The molecular weight excluding hydrogens is 258 g/mol. The molecule has 1 saturated heterocycles. The topological polar surface area (TPSA) is 28.2 Å². The van der Waals surface area contributed by atoms with E-state index < -0.39 is 0 Å². The highest BCUT2D eigenvalue weighted by Crippen LogP contribution is 2.38. The maximum atomic E-state index is 4.73. The fraction of sp³-hybridized carbons (Fsp3) is 0.722. The van der Waals surface area contributed by atoms with Gasteiger partial charge in [0.05, 0.1) is 0 Å². The van der Waals surface area contributed by atoms with E-state index in [-0.39, 0.29) is 0 Å². The Labute approximate surface area is 129 Å². The monoisotopic (exact) mass is 287 g/mol. The lowest BCUT2D eigenvalue weighted by Gasteiger charge is -2.42. The Morgan fingerprint density at radius 3 is 2.90 bits per heavy atom. The van der Waals surface area contributed by atoms with Crippen LogP contribution in [0.25, 0.3) is 0 Å². The van der Waals surface area contributed by atoms with Crippen LogP contribution in [-0.4, -0.2) is 24.6 Å². The highest BCUT2D eigenvalue weighted by Gasteiger charge is 2.32. The molecule has 3 atom stereocenters. The number of pyridine rings is 1. The van der Waals surface area contributed by atoms with Gasteiger partial charge >= 0.3 is 0 Å². The van der Waals surface area contributed by atoms with E-state index in [4.69, 9.17) is 4.98 Å². The van der Waals surface area contributed by atoms with Crippen LogP contribution in [0.2, 0.25) is 0 Å². The Balaban J connectivity index is 1.77. The van der Waals surface area contributed by atoms with E-state index in [2.05, 4.69) is 36.2 Å². The van der Waals surface area contributed by atoms with Crippen LogP contribution >= 0.6 is 0 Å². The third kappa shape index (κ3) is 3.23. The van der Waals surface area contributed by atoms with Crippen LogP contribution in [0.1, 0.15) is 57.6 Å². The van der Waals surface area contributed by atoms with Crippen LogP contribution in [-0.2, 0) is 0 Å². The van der Waals surface area contributed by atoms with Gasteiger partial charge in [-0.2, -0.15) is 0 Å². The largest absolute Gasteiger partial charge is 0.356 e. The second kappa shape index (κ2) is 6.78. The summed E-state index contributed by atoms with van der Waals surface area (Å²) in [7, 11) is 0. The van der Waals surface area contributed by atoms with Gasteiger partial charge in [0.25, 0.3) is 0 Å². The molecule has 1 aromatic rings. The Hall–Kier alpha value is -1.09. The number of nitrogens with one attached hydrogen (secondary N) is 1. The number of piperidine rings is 1. The van der Waals surface area contributed by atoms with Gasteiger partial charge in [0.1, 0.15) is 5.82 Å². The van der Waals surface area contributed by atoms with Gasteiger partial charge in [-0.3, -0.25) is 0 Å². The minimum absolute atomic E-state index is 0.378. The second-order valence-electron chi connectivity index (χ2n) is 6.73. The number of rotatable bonds is 4. The number of nitrogens with zero attached hydrogens (tertiary/aromatic N) is 2. The molecule has 3 rings (SSSR count). The normalized spacial score (nSPS) is 27.2. The molecule has 2 heterocycles. The van der Waals surface area contributed by atoms with Crippen molar-refractivity contribution in [2.24, 2.45) is 11.8 Å². The van der Waals surface area contributed by atoms with Crippen molar-refractivity contribution in [3.05, 3.63) is 23.9 Å². The first kappa shape index (κ1) is 14.8. The van der Waals surface area contributed by atoms with E-state index in [0.717, 1.165) is 18.4 Å². The lowest BCUT2D eigenvalue weighted by Crippen LogP contribution is -2.42. The third-order valence-corrected chi connectivity index (χ3v) is 5.38. The molecule has 3 nitrogen and oxygen atoms in total. The van der Waals surface area contributed by atoms with Crippen LogP contribution in [0.15, 0.2) is 18.3 Å². The van der Waals surface area contributed by atoms with Gasteiger partial charge in [0, 0.05) is 30.9 Å². The van der Waals surface area contributed by atoms with Gasteiger partial charge in [-0.1, -0.05) is 32.3 Å². The van der Waals surface area contributed by atoms with E-state index in [0.29, 0.717) is 6.04 Å². The quantitative estimate of drug-likeness (QED) is 0.913. The van der Waals surface area contributed by atoms with Crippen molar-refractivity contribution in [3.8, 4) is 0 Å². The molecular formula is C18H29N3. The standard InChI is InChI=1S/C18H29N3/c1-3-19-14(2)17-9-6-11-20-18(17)21-12-10-15-7-4-5-8-16(15)13-21/h6,9,11,14-16,19H,3-5,7-8,10,12-13H2,1-2H3. The highest BCUT2D eigenvalue weighted by atomic mass is 15.2. The predicted octanol–water partition coefficient (Wildman–Crippen LogP) is 3.77. The fourth-order valence-electron chi connectivity index (χ4n) is 4.22. The first-order valence-corrected chi connectivity index (χ1v) is 8.72. The predicted molar refractivity (Wildman–Crippen MR) is 88.6 cm³/mol. The summed E-state index contributed by atoms with van der Waals surface area (Å²) in [4.78, 5) is 7.28. The van der Waals surface area contributed by atoms with Crippen molar-refractivity contribution < 1.29 is 0 Å². The zero-order chi connectivity index (χ0) is 14.7. The molecule has 1 aromatic heterocycles. The van der Waals surface area contributed by atoms with E-state index in [1.54, 1.807) is 0 Å². The van der Waals surface area contributed by atoms with Crippen LogP contribution in [0, 0.1) is 11.8 Å². The molecule has 0 aromatic carbocycles. The van der Waals surface area contributed by atoms with Crippen molar-refractivity contribution in [1.29, 1.82) is 0 Å². The first-order chi connectivity index (χ1) is 10.3. The van der Waals surface area contributed by atoms with Crippen LogP contribution < -0.4 is 10.2 Å². The lowest BCUT2D eigenvalue weighted by molar-refractivity contribution is 0.202. The Kier molecular flexibility index (Phi) is 4.79. The summed E-state index contributed by atoms with van der Waals surface area (Å²) in [5.41, 5.74) is 1.36. The molecule has 0 amide bonds. The average Bonchev–Trinajstić information content (AvgIpc) is 2.54. The van der Waals surface area contributed by atoms with Crippen LogP contribution in [0.4, 0.5) is 5.82 Å². The van der Waals surface area contributed by atoms with E-state index >= 15 is 0 Å². The van der Waals surface area contributed by atoms with Gasteiger partial charge in [0.15, 0.2) is 0 Å². The van der Waals surface area contributed by atoms with Crippen molar-refractivity contribution in [1.82, 2.24) is 10.3 Å². The minimum atomic E-state index is 0.378. The van der Waals surface area contributed by atoms with Crippen molar-refractivity contribution in [2.45, 2.75) is 52.0 Å². The molecule has 0 radical (unpaired) electrons. The summed E-state index contributed by atoms with van der Waals surface area (Å²) in [5.74, 6) is 3.10. The van der Waals surface area contributed by atoms with Gasteiger partial charge in [-0.15, -0.1) is 0 Å². The molecule has 1 N–H and O–H groups in total. The number of hydrogen-bond donors (Lipinski definition) is 1. The molecule has 21 heavy (non-hydrogen) atoms. The van der Waals surface area contributed by atoms with Crippen LogP contribution in [0.3, 0.4) is 0 Å². The molecule has 2 fully saturated rings. The maximum Gasteiger partial charge on any atom is 0.133 e. The summed E-state index contributed by atoms with van der Waals surface area (Å²) in [6.45, 7) is 7.81. The molecule has 3 heteroatoms.